The monoisotopic (exact) mass is 261 g/mol. The quantitative estimate of drug-likeness (QED) is 0.602. The van der Waals surface area contributed by atoms with E-state index in [-0.39, 0.29) is 0 Å². The zero-order chi connectivity index (χ0) is 7.56. The van der Waals surface area contributed by atoms with Crippen molar-refractivity contribution >= 4 is 32.8 Å². The first-order valence-corrected chi connectivity index (χ1v) is 4.64. The molecular weight excluding hydrogens is 255 g/mol. The fourth-order valence-corrected chi connectivity index (χ4v) is 1.88. The number of hydrogen-bond donors (Lipinski definition) is 1. The first-order valence-electron chi connectivity index (χ1n) is 2.86. The van der Waals surface area contributed by atoms with E-state index in [0.29, 0.717) is 5.75 Å². The van der Waals surface area contributed by atoms with Gasteiger partial charge in [-0.3, -0.25) is 0 Å². The lowest BCUT2D eigenvalue weighted by molar-refractivity contribution is 0.474. The van der Waals surface area contributed by atoms with Gasteiger partial charge < -0.3 is 5.11 Å². The lowest BCUT2D eigenvalue weighted by Gasteiger charge is -1.99. The van der Waals surface area contributed by atoms with Crippen LogP contribution in [0.3, 0.4) is 0 Å². The molecule has 0 saturated heterocycles. The van der Waals surface area contributed by atoms with Crippen LogP contribution in [0.1, 0.15) is 5.56 Å². The topological polar surface area (TPSA) is 20.2 Å². The van der Waals surface area contributed by atoms with Gasteiger partial charge in [0.25, 0.3) is 0 Å². The van der Waals surface area contributed by atoms with Gasteiger partial charge in [0.05, 0.1) is 0 Å². The second-order valence-electron chi connectivity index (χ2n) is 1.95. The maximum Gasteiger partial charge on any atom is 0.115 e. The van der Waals surface area contributed by atoms with Gasteiger partial charge in [0.2, 0.25) is 0 Å². The maximum absolute atomic E-state index is 9.04. The minimum absolute atomic E-state index is 0.327. The SMILES string of the molecule is Oc1ccc(I)c(C[Si])c1. The maximum atomic E-state index is 9.04. The summed E-state index contributed by atoms with van der Waals surface area (Å²) in [6, 6.07) is 6.12. The van der Waals surface area contributed by atoms with E-state index in [2.05, 4.69) is 32.8 Å². The summed E-state index contributed by atoms with van der Waals surface area (Å²) in [4.78, 5) is 0. The zero-order valence-corrected chi connectivity index (χ0v) is 8.42. The van der Waals surface area contributed by atoms with Crippen LogP contribution in [0.15, 0.2) is 18.2 Å². The third kappa shape index (κ3) is 1.73. The molecule has 0 aliphatic rings. The van der Waals surface area contributed by atoms with Gasteiger partial charge >= 0.3 is 0 Å². The van der Waals surface area contributed by atoms with E-state index in [9.17, 15) is 0 Å². The summed E-state index contributed by atoms with van der Waals surface area (Å²) in [5.74, 6) is 0.327. The lowest BCUT2D eigenvalue weighted by atomic mass is 10.2. The lowest BCUT2D eigenvalue weighted by Crippen LogP contribution is -1.86. The van der Waals surface area contributed by atoms with Gasteiger partial charge in [-0.25, -0.2) is 0 Å². The summed E-state index contributed by atoms with van der Waals surface area (Å²) in [6.45, 7) is 0. The van der Waals surface area contributed by atoms with Gasteiger partial charge in [0, 0.05) is 13.8 Å². The third-order valence-electron chi connectivity index (χ3n) is 1.22. The highest BCUT2D eigenvalue weighted by molar-refractivity contribution is 14.1. The van der Waals surface area contributed by atoms with Crippen LogP contribution in [-0.4, -0.2) is 15.3 Å². The Balaban J connectivity index is 3.09. The number of rotatable bonds is 1. The smallest absolute Gasteiger partial charge is 0.115 e. The van der Waals surface area contributed by atoms with E-state index in [1.54, 1.807) is 12.1 Å². The van der Waals surface area contributed by atoms with Gasteiger partial charge in [0.1, 0.15) is 5.75 Å². The molecule has 1 N–H and O–H groups in total. The summed E-state index contributed by atoms with van der Waals surface area (Å²) >= 11 is 2.23. The number of aromatic hydroxyl groups is 1. The van der Waals surface area contributed by atoms with Crippen LogP contribution in [0.4, 0.5) is 0 Å². The Kier molecular flexibility index (Phi) is 2.73. The van der Waals surface area contributed by atoms with Crippen molar-refractivity contribution in [2.45, 2.75) is 6.04 Å². The Labute approximate surface area is 77.0 Å². The third-order valence-corrected chi connectivity index (χ3v) is 2.65. The molecule has 0 heterocycles. The Morgan fingerprint density at radius 1 is 1.50 bits per heavy atom. The first-order chi connectivity index (χ1) is 4.74. The van der Waals surface area contributed by atoms with Crippen LogP contribution in [0, 0.1) is 3.57 Å². The highest BCUT2D eigenvalue weighted by Gasteiger charge is 1.96. The van der Waals surface area contributed by atoms with Crippen molar-refractivity contribution in [1.82, 2.24) is 0 Å². The van der Waals surface area contributed by atoms with Crippen molar-refractivity contribution in [1.29, 1.82) is 0 Å². The van der Waals surface area contributed by atoms with Crippen LogP contribution in [0.5, 0.6) is 5.75 Å². The first kappa shape index (κ1) is 8.07. The molecule has 1 aromatic rings. The Morgan fingerprint density at radius 3 is 2.70 bits per heavy atom. The normalized spacial score (nSPS) is 9.80. The van der Waals surface area contributed by atoms with E-state index >= 15 is 0 Å². The Morgan fingerprint density at radius 2 is 2.20 bits per heavy atom. The molecule has 0 aliphatic carbocycles. The van der Waals surface area contributed by atoms with Gasteiger partial charge in [-0.2, -0.15) is 0 Å². The Hall–Kier alpha value is -0.0331. The number of halogens is 1. The highest BCUT2D eigenvalue weighted by atomic mass is 127. The fourth-order valence-electron chi connectivity index (χ4n) is 0.697. The predicted molar refractivity (Wildman–Crippen MR) is 50.3 cm³/mol. The summed E-state index contributed by atoms with van der Waals surface area (Å²) in [5, 5.41) is 9.04. The van der Waals surface area contributed by atoms with Gasteiger partial charge in [-0.05, 0) is 52.4 Å². The van der Waals surface area contributed by atoms with Crippen LogP contribution < -0.4 is 0 Å². The van der Waals surface area contributed by atoms with Gasteiger partial charge in [-0.1, -0.05) is 0 Å². The molecule has 1 aromatic carbocycles. The zero-order valence-electron chi connectivity index (χ0n) is 5.26. The molecule has 0 saturated carbocycles. The summed E-state index contributed by atoms with van der Waals surface area (Å²) < 4.78 is 1.17. The van der Waals surface area contributed by atoms with E-state index < -0.39 is 0 Å². The molecule has 51 valence electrons. The molecule has 0 aromatic heterocycles. The van der Waals surface area contributed by atoms with Gasteiger partial charge in [0.15, 0.2) is 0 Å². The van der Waals surface area contributed by atoms with Crippen molar-refractivity contribution in [3.8, 4) is 5.75 Å². The standard InChI is InChI=1S/C7H6IOSi/c8-7-2-1-6(9)3-5(7)4-10/h1-3,9H,4H2. The van der Waals surface area contributed by atoms with Gasteiger partial charge in [-0.15, -0.1) is 0 Å². The second kappa shape index (κ2) is 3.38. The molecule has 3 radical (unpaired) electrons. The average Bonchev–Trinajstić information content (AvgIpc) is 1.94. The Bertz CT molecular complexity index is 237. The largest absolute Gasteiger partial charge is 0.508 e. The van der Waals surface area contributed by atoms with Crippen LogP contribution in [-0.2, 0) is 6.04 Å². The van der Waals surface area contributed by atoms with E-state index in [4.69, 9.17) is 5.11 Å². The minimum Gasteiger partial charge on any atom is -0.508 e. The molecule has 1 nitrogen and oxygen atoms in total. The fraction of sp³-hybridized carbons (Fsp3) is 0.143. The van der Waals surface area contributed by atoms with Crippen molar-refractivity contribution in [2.24, 2.45) is 0 Å². The number of benzene rings is 1. The highest BCUT2D eigenvalue weighted by Crippen LogP contribution is 2.17. The summed E-state index contributed by atoms with van der Waals surface area (Å²) in [5.41, 5.74) is 1.12. The van der Waals surface area contributed by atoms with Crippen molar-refractivity contribution in [2.75, 3.05) is 0 Å². The number of phenols is 1. The summed E-state index contributed by atoms with van der Waals surface area (Å²) in [6.07, 6.45) is 0. The number of phenolic OH excluding ortho intramolecular Hbond substituents is 1. The van der Waals surface area contributed by atoms with E-state index in [0.717, 1.165) is 11.6 Å². The molecule has 0 bridgehead atoms. The summed E-state index contributed by atoms with van der Waals surface area (Å²) in [7, 11) is 3.37. The number of hydrogen-bond acceptors (Lipinski definition) is 1. The molecule has 0 atom stereocenters. The predicted octanol–water partition coefficient (Wildman–Crippen LogP) is 1.67. The molecule has 0 fully saturated rings. The minimum atomic E-state index is 0.327. The van der Waals surface area contributed by atoms with Crippen molar-refractivity contribution in [3.63, 3.8) is 0 Å². The molecule has 3 heteroatoms. The van der Waals surface area contributed by atoms with Crippen molar-refractivity contribution in [3.05, 3.63) is 27.3 Å². The molecule has 10 heavy (non-hydrogen) atoms. The molecule has 1 rings (SSSR count). The molecule has 0 amide bonds. The van der Waals surface area contributed by atoms with E-state index in [1.807, 2.05) is 6.07 Å². The molecule has 0 unspecified atom stereocenters. The molecule has 0 spiro atoms. The van der Waals surface area contributed by atoms with Crippen molar-refractivity contribution < 1.29 is 5.11 Å². The molecule has 0 aliphatic heterocycles. The van der Waals surface area contributed by atoms with Crippen LogP contribution >= 0.6 is 22.6 Å². The van der Waals surface area contributed by atoms with Crippen LogP contribution in [0.25, 0.3) is 0 Å². The molecular formula is C7H6IOSi. The van der Waals surface area contributed by atoms with Crippen LogP contribution in [0.2, 0.25) is 0 Å². The average molecular weight is 261 g/mol. The second-order valence-corrected chi connectivity index (χ2v) is 3.47. The van der Waals surface area contributed by atoms with E-state index in [1.165, 1.54) is 3.57 Å².